The van der Waals surface area contributed by atoms with E-state index >= 15 is 0 Å². The number of nitrogens with zero attached hydrogens (tertiary/aromatic N) is 3. The molecule has 18 heavy (non-hydrogen) atoms. The number of aromatic nitrogens is 3. The average molecular weight is 303 g/mol. The maximum Gasteiger partial charge on any atom is 0.183 e. The molecule has 2 heterocycles. The molecule has 0 spiro atoms. The summed E-state index contributed by atoms with van der Waals surface area (Å²) < 4.78 is 2.74. The van der Waals surface area contributed by atoms with Crippen LogP contribution in [0.1, 0.15) is 5.56 Å². The minimum absolute atomic E-state index is 0.508. The predicted octanol–water partition coefficient (Wildman–Crippen LogP) is 2.62. The molecule has 3 rings (SSSR count). The topological polar surface area (TPSA) is 56.2 Å². The van der Waals surface area contributed by atoms with Crippen molar-refractivity contribution in [3.63, 3.8) is 0 Å². The number of hydrogen-bond acceptors (Lipinski definition) is 3. The largest absolute Gasteiger partial charge is 0.326 e. The molecule has 4 nitrogen and oxygen atoms in total. The highest BCUT2D eigenvalue weighted by Crippen LogP contribution is 2.25. The Kier molecular flexibility index (Phi) is 2.85. The molecule has 0 bridgehead atoms. The highest BCUT2D eigenvalue weighted by atomic mass is 79.9. The maximum absolute atomic E-state index is 5.62. The van der Waals surface area contributed by atoms with E-state index in [2.05, 4.69) is 26.0 Å². The number of nitrogens with two attached hydrogens (primary N) is 1. The molecule has 0 amide bonds. The lowest BCUT2D eigenvalue weighted by Gasteiger charge is -1.96. The van der Waals surface area contributed by atoms with Gasteiger partial charge in [0.25, 0.3) is 0 Å². The van der Waals surface area contributed by atoms with Gasteiger partial charge in [0.2, 0.25) is 0 Å². The summed E-state index contributed by atoms with van der Waals surface area (Å²) in [5.74, 6) is 0.705. The molecule has 0 saturated heterocycles. The van der Waals surface area contributed by atoms with E-state index in [4.69, 9.17) is 5.73 Å². The summed E-state index contributed by atoms with van der Waals surface area (Å²) in [6.07, 6.45) is 1.88. The summed E-state index contributed by atoms with van der Waals surface area (Å²) >= 11 is 3.51. The molecule has 5 heteroatoms. The van der Waals surface area contributed by atoms with Crippen molar-refractivity contribution in [3.05, 3.63) is 52.6 Å². The van der Waals surface area contributed by atoms with Crippen LogP contribution >= 0.6 is 15.9 Å². The highest BCUT2D eigenvalue weighted by molar-refractivity contribution is 9.10. The van der Waals surface area contributed by atoms with Gasteiger partial charge < -0.3 is 5.73 Å². The van der Waals surface area contributed by atoms with Crippen LogP contribution in [0.15, 0.2) is 47.1 Å². The lowest BCUT2D eigenvalue weighted by Crippen LogP contribution is -1.97. The molecule has 0 saturated carbocycles. The molecule has 0 fully saturated rings. The Morgan fingerprint density at radius 1 is 1.22 bits per heavy atom. The average Bonchev–Trinajstić information content (AvgIpc) is 2.81. The van der Waals surface area contributed by atoms with Crippen LogP contribution in [0.2, 0.25) is 0 Å². The van der Waals surface area contributed by atoms with E-state index < -0.39 is 0 Å². The van der Waals surface area contributed by atoms with Crippen molar-refractivity contribution >= 4 is 21.6 Å². The van der Waals surface area contributed by atoms with E-state index in [1.54, 1.807) is 4.52 Å². The Balaban J connectivity index is 2.17. The molecule has 1 aromatic carbocycles. The fourth-order valence-electron chi connectivity index (χ4n) is 1.81. The Bertz CT molecular complexity index is 705. The molecule has 0 aliphatic carbocycles. The summed E-state index contributed by atoms with van der Waals surface area (Å²) in [6, 6.07) is 11.8. The highest BCUT2D eigenvalue weighted by Gasteiger charge is 2.09. The van der Waals surface area contributed by atoms with E-state index in [1.165, 1.54) is 0 Å². The van der Waals surface area contributed by atoms with Crippen LogP contribution in [-0.2, 0) is 6.54 Å². The molecule has 2 aromatic heterocycles. The third-order valence-corrected chi connectivity index (χ3v) is 3.44. The molecule has 0 aliphatic rings. The summed E-state index contributed by atoms with van der Waals surface area (Å²) in [4.78, 5) is 4.52. The van der Waals surface area contributed by atoms with Crippen molar-refractivity contribution in [1.82, 2.24) is 14.6 Å². The van der Waals surface area contributed by atoms with Gasteiger partial charge in [0.05, 0.1) is 0 Å². The van der Waals surface area contributed by atoms with E-state index in [1.807, 2.05) is 42.6 Å². The van der Waals surface area contributed by atoms with Gasteiger partial charge in [-0.3, -0.25) is 0 Å². The Morgan fingerprint density at radius 3 is 2.83 bits per heavy atom. The van der Waals surface area contributed by atoms with Gasteiger partial charge in [0.1, 0.15) is 0 Å². The first-order chi connectivity index (χ1) is 8.78. The fourth-order valence-corrected chi connectivity index (χ4v) is 2.27. The fraction of sp³-hybridized carbons (Fsp3) is 0.0769. The second-order valence-corrected chi connectivity index (χ2v) is 4.81. The molecule has 3 aromatic rings. The van der Waals surface area contributed by atoms with Gasteiger partial charge in [-0.25, -0.2) is 9.50 Å². The number of benzene rings is 1. The van der Waals surface area contributed by atoms with Crippen molar-refractivity contribution in [2.45, 2.75) is 6.54 Å². The van der Waals surface area contributed by atoms with Crippen LogP contribution in [0.25, 0.3) is 17.0 Å². The summed E-state index contributed by atoms with van der Waals surface area (Å²) in [7, 11) is 0. The molecule has 90 valence electrons. The SMILES string of the molecule is NCc1ccn2nc(-c3ccccc3Br)nc2c1. The van der Waals surface area contributed by atoms with E-state index in [0.29, 0.717) is 12.4 Å². The first-order valence-corrected chi connectivity index (χ1v) is 6.37. The van der Waals surface area contributed by atoms with Crippen LogP contribution in [-0.4, -0.2) is 14.6 Å². The number of hydrogen-bond donors (Lipinski definition) is 1. The van der Waals surface area contributed by atoms with Crippen LogP contribution in [0.5, 0.6) is 0 Å². The Labute approximate surface area is 113 Å². The monoisotopic (exact) mass is 302 g/mol. The van der Waals surface area contributed by atoms with E-state index in [9.17, 15) is 0 Å². The lowest BCUT2D eigenvalue weighted by molar-refractivity contribution is 0.950. The minimum atomic E-state index is 0.508. The van der Waals surface area contributed by atoms with Gasteiger partial charge in [0.15, 0.2) is 11.5 Å². The van der Waals surface area contributed by atoms with Crippen LogP contribution < -0.4 is 5.73 Å². The Morgan fingerprint density at radius 2 is 2.06 bits per heavy atom. The zero-order valence-electron chi connectivity index (χ0n) is 9.55. The van der Waals surface area contributed by atoms with Crippen LogP contribution in [0, 0.1) is 0 Å². The second kappa shape index (κ2) is 4.51. The van der Waals surface area contributed by atoms with Crippen molar-refractivity contribution in [2.24, 2.45) is 5.73 Å². The molecular weight excluding hydrogens is 292 g/mol. The molecule has 0 radical (unpaired) electrons. The predicted molar refractivity (Wildman–Crippen MR) is 74.0 cm³/mol. The number of pyridine rings is 1. The van der Waals surface area contributed by atoms with E-state index in [0.717, 1.165) is 21.2 Å². The number of fused-ring (bicyclic) bond motifs is 1. The third kappa shape index (κ3) is 1.91. The van der Waals surface area contributed by atoms with Gasteiger partial charge in [-0.1, -0.05) is 28.1 Å². The second-order valence-electron chi connectivity index (χ2n) is 3.96. The quantitative estimate of drug-likeness (QED) is 0.792. The molecule has 2 N–H and O–H groups in total. The maximum atomic E-state index is 5.62. The third-order valence-electron chi connectivity index (χ3n) is 2.75. The van der Waals surface area contributed by atoms with Crippen molar-refractivity contribution in [3.8, 4) is 11.4 Å². The van der Waals surface area contributed by atoms with Gasteiger partial charge in [-0.2, -0.15) is 0 Å². The molecule has 0 atom stereocenters. The van der Waals surface area contributed by atoms with Crippen LogP contribution in [0.3, 0.4) is 0 Å². The summed E-state index contributed by atoms with van der Waals surface area (Å²) in [5, 5.41) is 4.45. The smallest absolute Gasteiger partial charge is 0.183 e. The standard InChI is InChI=1S/C13H11BrN4/c14-11-4-2-1-3-10(11)13-16-12-7-9(8-15)5-6-18(12)17-13/h1-7H,8,15H2. The van der Waals surface area contributed by atoms with Crippen molar-refractivity contribution in [2.75, 3.05) is 0 Å². The number of rotatable bonds is 2. The van der Waals surface area contributed by atoms with E-state index in [-0.39, 0.29) is 0 Å². The van der Waals surface area contributed by atoms with Gasteiger partial charge in [-0.05, 0) is 29.8 Å². The van der Waals surface area contributed by atoms with Crippen LogP contribution in [0.4, 0.5) is 0 Å². The first-order valence-electron chi connectivity index (χ1n) is 5.58. The normalized spacial score (nSPS) is 11.0. The molecule has 0 aliphatic heterocycles. The zero-order chi connectivity index (χ0) is 12.5. The summed E-state index contributed by atoms with van der Waals surface area (Å²) in [5.41, 5.74) is 8.46. The van der Waals surface area contributed by atoms with Crippen molar-refractivity contribution in [1.29, 1.82) is 0 Å². The number of halogens is 1. The summed E-state index contributed by atoms with van der Waals surface area (Å²) in [6.45, 7) is 0.508. The lowest BCUT2D eigenvalue weighted by atomic mass is 10.2. The molecular formula is C13H11BrN4. The zero-order valence-corrected chi connectivity index (χ0v) is 11.1. The molecule has 0 unspecified atom stereocenters. The Hall–Kier alpha value is -1.72. The van der Waals surface area contributed by atoms with Crippen molar-refractivity contribution < 1.29 is 0 Å². The van der Waals surface area contributed by atoms with Gasteiger partial charge in [0, 0.05) is 22.8 Å². The van der Waals surface area contributed by atoms with Gasteiger partial charge in [-0.15, -0.1) is 5.10 Å². The first kappa shape index (κ1) is 11.4. The van der Waals surface area contributed by atoms with Gasteiger partial charge >= 0.3 is 0 Å². The minimum Gasteiger partial charge on any atom is -0.326 e.